The minimum absolute atomic E-state index is 0.0632. The van der Waals surface area contributed by atoms with Gasteiger partial charge in [0.25, 0.3) is 0 Å². The molecule has 2 rings (SSSR count). The maximum absolute atomic E-state index is 11.0. The molecule has 1 saturated carbocycles. The second-order valence-electron chi connectivity index (χ2n) is 3.99. The summed E-state index contributed by atoms with van der Waals surface area (Å²) in [4.78, 5) is 11.0. The molecule has 0 aromatic carbocycles. The molecule has 2 aliphatic rings. The highest BCUT2D eigenvalue weighted by atomic mass is 16.5. The first kappa shape index (κ1) is 7.58. The first-order chi connectivity index (χ1) is 5.59. The Morgan fingerprint density at radius 1 is 1.67 bits per heavy atom. The number of oxime groups is 1. The zero-order valence-corrected chi connectivity index (χ0v) is 7.07. The number of esters is 1. The van der Waals surface area contributed by atoms with Gasteiger partial charge in [0, 0.05) is 11.8 Å². The van der Waals surface area contributed by atoms with Gasteiger partial charge >= 0.3 is 5.97 Å². The monoisotopic (exact) mass is 169 g/mol. The van der Waals surface area contributed by atoms with Crippen LogP contribution in [-0.4, -0.2) is 23.5 Å². The third-order valence-electron chi connectivity index (χ3n) is 3.06. The molecule has 1 aliphatic heterocycles. The van der Waals surface area contributed by atoms with Crippen molar-refractivity contribution < 1.29 is 14.7 Å². The number of nitrogens with zero attached hydrogens (tertiary/aromatic N) is 1. The maximum Gasteiger partial charge on any atom is 0.356 e. The lowest BCUT2D eigenvalue weighted by Crippen LogP contribution is -2.26. The third-order valence-corrected chi connectivity index (χ3v) is 3.06. The highest BCUT2D eigenvalue weighted by Gasteiger charge is 2.64. The molecular formula is C8H11NO3. The second-order valence-corrected chi connectivity index (χ2v) is 3.99. The van der Waals surface area contributed by atoms with Crippen molar-refractivity contribution >= 4 is 11.7 Å². The molecule has 4 nitrogen and oxygen atoms in total. The van der Waals surface area contributed by atoms with E-state index in [4.69, 9.17) is 9.94 Å². The summed E-state index contributed by atoms with van der Waals surface area (Å²) in [6.45, 7) is 4.57. The molecule has 2 atom stereocenters. The molecule has 4 heteroatoms. The Bertz CT molecular complexity index is 269. The molecule has 0 radical (unpaired) electrons. The second kappa shape index (κ2) is 2.00. The number of carbonyl (C=O) groups excluding carboxylic acids is 1. The fourth-order valence-corrected chi connectivity index (χ4v) is 2.07. The zero-order valence-electron chi connectivity index (χ0n) is 7.07. The highest BCUT2D eigenvalue weighted by molar-refractivity contribution is 6.38. The van der Waals surface area contributed by atoms with Crippen molar-refractivity contribution in [1.29, 1.82) is 0 Å². The van der Waals surface area contributed by atoms with Crippen LogP contribution in [0.1, 0.15) is 13.8 Å². The number of ether oxygens (including phenoxy) is 1. The highest BCUT2D eigenvalue weighted by Crippen LogP contribution is 2.60. The van der Waals surface area contributed by atoms with Crippen molar-refractivity contribution in [3.8, 4) is 0 Å². The molecule has 66 valence electrons. The lowest BCUT2D eigenvalue weighted by atomic mass is 10.1. The van der Waals surface area contributed by atoms with Crippen LogP contribution in [0, 0.1) is 17.3 Å². The van der Waals surface area contributed by atoms with Gasteiger partial charge in [-0.05, 0) is 5.41 Å². The van der Waals surface area contributed by atoms with Gasteiger partial charge in [-0.15, -0.1) is 0 Å². The van der Waals surface area contributed by atoms with E-state index in [9.17, 15) is 4.79 Å². The van der Waals surface area contributed by atoms with E-state index in [0.717, 1.165) is 0 Å². The van der Waals surface area contributed by atoms with E-state index in [-0.39, 0.29) is 17.0 Å². The molecule has 0 aromatic rings. The molecule has 2 fully saturated rings. The van der Waals surface area contributed by atoms with Gasteiger partial charge < -0.3 is 9.94 Å². The predicted octanol–water partition coefficient (Wildman–Crippen LogP) is 0.646. The molecule has 0 spiro atoms. The normalized spacial score (nSPS) is 40.5. The van der Waals surface area contributed by atoms with Crippen molar-refractivity contribution in [2.45, 2.75) is 13.8 Å². The summed E-state index contributed by atoms with van der Waals surface area (Å²) in [7, 11) is 0. The summed E-state index contributed by atoms with van der Waals surface area (Å²) in [6.07, 6.45) is 0. The summed E-state index contributed by atoms with van der Waals surface area (Å²) in [5.74, 6) is -0.0193. The topological polar surface area (TPSA) is 58.9 Å². The van der Waals surface area contributed by atoms with Crippen LogP contribution >= 0.6 is 0 Å². The van der Waals surface area contributed by atoms with Crippen LogP contribution in [0.3, 0.4) is 0 Å². The van der Waals surface area contributed by atoms with Crippen molar-refractivity contribution in [2.24, 2.45) is 22.4 Å². The number of rotatable bonds is 0. The van der Waals surface area contributed by atoms with Crippen molar-refractivity contribution in [2.75, 3.05) is 6.61 Å². The summed E-state index contributed by atoms with van der Waals surface area (Å²) in [5.41, 5.74) is 0.254. The first-order valence-electron chi connectivity index (χ1n) is 3.98. The van der Waals surface area contributed by atoms with E-state index in [2.05, 4.69) is 19.0 Å². The Hall–Kier alpha value is -1.06. The molecule has 1 saturated heterocycles. The van der Waals surface area contributed by atoms with Crippen molar-refractivity contribution in [1.82, 2.24) is 0 Å². The predicted molar refractivity (Wildman–Crippen MR) is 40.9 cm³/mol. The van der Waals surface area contributed by atoms with Crippen LogP contribution in [0.15, 0.2) is 5.16 Å². The third kappa shape index (κ3) is 0.722. The van der Waals surface area contributed by atoms with Gasteiger partial charge in [0.15, 0.2) is 5.71 Å². The number of hydrogen-bond donors (Lipinski definition) is 1. The number of hydrogen-bond acceptors (Lipinski definition) is 4. The van der Waals surface area contributed by atoms with Gasteiger partial charge in [0.1, 0.15) is 0 Å². The average Bonchev–Trinajstić information content (AvgIpc) is 2.55. The van der Waals surface area contributed by atoms with Crippen LogP contribution < -0.4 is 0 Å². The van der Waals surface area contributed by atoms with Gasteiger partial charge in [-0.1, -0.05) is 19.0 Å². The molecule has 1 N–H and O–H groups in total. The van der Waals surface area contributed by atoms with E-state index in [1.807, 2.05) is 0 Å². The van der Waals surface area contributed by atoms with Gasteiger partial charge in [0.2, 0.25) is 0 Å². The molecule has 12 heavy (non-hydrogen) atoms. The van der Waals surface area contributed by atoms with Gasteiger partial charge in [-0.25, -0.2) is 4.79 Å². The van der Waals surface area contributed by atoms with Crippen LogP contribution in [0.25, 0.3) is 0 Å². The summed E-state index contributed by atoms with van der Waals surface area (Å²) in [6, 6.07) is 0. The molecule has 1 heterocycles. The molecule has 1 aliphatic carbocycles. The standard InChI is InChI=1S/C8H11NO3/c1-8(2)4-3-12-7(10)6(9-11)5(4)8/h4-5,11H,3H2,1-2H3/b9-6-. The van der Waals surface area contributed by atoms with E-state index >= 15 is 0 Å². The molecule has 0 amide bonds. The Morgan fingerprint density at radius 2 is 2.33 bits per heavy atom. The Labute approximate surface area is 70.2 Å². The smallest absolute Gasteiger partial charge is 0.356 e. The summed E-state index contributed by atoms with van der Waals surface area (Å²) < 4.78 is 4.84. The van der Waals surface area contributed by atoms with Crippen LogP contribution in [0.4, 0.5) is 0 Å². The fraction of sp³-hybridized carbons (Fsp3) is 0.750. The minimum atomic E-state index is -0.468. The quantitative estimate of drug-likeness (QED) is 0.329. The van der Waals surface area contributed by atoms with Crippen LogP contribution in [0.2, 0.25) is 0 Å². The first-order valence-corrected chi connectivity index (χ1v) is 3.98. The van der Waals surface area contributed by atoms with Crippen molar-refractivity contribution in [3.05, 3.63) is 0 Å². The summed E-state index contributed by atoms with van der Waals surface area (Å²) in [5, 5.41) is 11.6. The van der Waals surface area contributed by atoms with E-state index in [1.54, 1.807) is 0 Å². The fourth-order valence-electron chi connectivity index (χ4n) is 2.07. The van der Waals surface area contributed by atoms with E-state index in [0.29, 0.717) is 12.5 Å². The van der Waals surface area contributed by atoms with Gasteiger partial charge in [0.05, 0.1) is 6.61 Å². The Balaban J connectivity index is 2.29. The molecule has 0 aromatic heterocycles. The van der Waals surface area contributed by atoms with Crippen molar-refractivity contribution in [3.63, 3.8) is 0 Å². The average molecular weight is 169 g/mol. The van der Waals surface area contributed by atoms with Gasteiger partial charge in [-0.3, -0.25) is 0 Å². The van der Waals surface area contributed by atoms with Gasteiger partial charge in [-0.2, -0.15) is 0 Å². The van der Waals surface area contributed by atoms with Crippen LogP contribution in [0.5, 0.6) is 0 Å². The number of cyclic esters (lactones) is 1. The Morgan fingerprint density at radius 3 is 2.83 bits per heavy atom. The lowest BCUT2D eigenvalue weighted by molar-refractivity contribution is -0.137. The number of fused-ring (bicyclic) bond motifs is 1. The zero-order chi connectivity index (χ0) is 8.93. The van der Waals surface area contributed by atoms with E-state index in [1.165, 1.54) is 0 Å². The van der Waals surface area contributed by atoms with E-state index < -0.39 is 5.97 Å². The Kier molecular flexibility index (Phi) is 1.26. The molecule has 2 unspecified atom stereocenters. The van der Waals surface area contributed by atoms with Crippen LogP contribution in [-0.2, 0) is 9.53 Å². The molecule has 0 bridgehead atoms. The largest absolute Gasteiger partial charge is 0.461 e. The number of carbonyl (C=O) groups is 1. The minimum Gasteiger partial charge on any atom is -0.461 e. The SMILES string of the molecule is CC1(C)C2COC(=O)/C(=N\O)C21. The molecular weight excluding hydrogens is 158 g/mol. The maximum atomic E-state index is 11.0. The lowest BCUT2D eigenvalue weighted by Gasteiger charge is -2.09. The summed E-state index contributed by atoms with van der Waals surface area (Å²) >= 11 is 0.